The van der Waals surface area contributed by atoms with Gasteiger partial charge in [-0.3, -0.25) is 18.7 Å². The van der Waals surface area contributed by atoms with Crippen molar-refractivity contribution in [3.05, 3.63) is 118 Å². The van der Waals surface area contributed by atoms with Gasteiger partial charge in [0.1, 0.15) is 0 Å². The molecule has 2 aliphatic carbocycles. The first kappa shape index (κ1) is 34.2. The molecule has 9 nitrogen and oxygen atoms in total. The number of rotatable bonds is 12. The summed E-state index contributed by atoms with van der Waals surface area (Å²) in [5, 5.41) is 14.5. The van der Waals surface area contributed by atoms with Crippen LogP contribution in [0.5, 0.6) is 0 Å². The number of aliphatic carboxylic acids is 1. The maximum Gasteiger partial charge on any atom is 0.305 e. The molecule has 0 spiro atoms. The predicted molar refractivity (Wildman–Crippen MR) is 189 cm³/mol. The zero-order valence-electron chi connectivity index (χ0n) is 27.6. The zero-order chi connectivity index (χ0) is 34.4. The average molecular weight is 682 g/mol. The third kappa shape index (κ3) is 8.13. The fraction of sp³-hybridized carbons (Fsp3) is 0.359. The van der Waals surface area contributed by atoms with E-state index in [1.165, 1.54) is 53.6 Å². The van der Waals surface area contributed by atoms with E-state index in [9.17, 15) is 22.8 Å². The quantitative estimate of drug-likeness (QED) is 0.191. The number of nitrogens with zero attached hydrogens (tertiary/aromatic N) is 1. The number of amides is 2. The number of anilines is 1. The number of benzene rings is 3. The SMILES string of the molecule is O=C(O)CCNC(=O)c1ccc(CC(C(=O)Nc2cccc(S(=O)(=O)N3CCC4=C3C=CCC4)c2)c2ccc(C3CCCCC3)cc2)cc1. The van der Waals surface area contributed by atoms with E-state index in [4.69, 9.17) is 5.11 Å². The minimum atomic E-state index is -3.81. The maximum absolute atomic E-state index is 14.1. The largest absolute Gasteiger partial charge is 0.481 e. The highest BCUT2D eigenvalue weighted by Crippen LogP contribution is 2.36. The van der Waals surface area contributed by atoms with Gasteiger partial charge in [-0.25, -0.2) is 8.42 Å². The maximum atomic E-state index is 14.1. The monoisotopic (exact) mass is 681 g/mol. The zero-order valence-corrected chi connectivity index (χ0v) is 28.4. The van der Waals surface area contributed by atoms with Crippen LogP contribution in [0.15, 0.2) is 101 Å². The lowest BCUT2D eigenvalue weighted by Gasteiger charge is -2.23. The molecule has 3 aromatic carbocycles. The Morgan fingerprint density at radius 3 is 2.41 bits per heavy atom. The van der Waals surface area contributed by atoms with Crippen molar-refractivity contribution in [2.24, 2.45) is 0 Å². The fourth-order valence-corrected chi connectivity index (χ4v) is 8.68. The van der Waals surface area contributed by atoms with Gasteiger partial charge in [0.2, 0.25) is 5.91 Å². The van der Waals surface area contributed by atoms with E-state index in [0.29, 0.717) is 30.1 Å². The Labute approximate surface area is 288 Å². The van der Waals surface area contributed by atoms with Crippen LogP contribution in [0, 0.1) is 0 Å². The molecule has 6 rings (SSSR count). The summed E-state index contributed by atoms with van der Waals surface area (Å²) < 4.78 is 29.0. The average Bonchev–Trinajstić information content (AvgIpc) is 3.57. The topological polar surface area (TPSA) is 133 Å². The van der Waals surface area contributed by atoms with Crippen LogP contribution >= 0.6 is 0 Å². The van der Waals surface area contributed by atoms with E-state index in [0.717, 1.165) is 36.1 Å². The second-order valence-electron chi connectivity index (χ2n) is 13.1. The molecule has 1 saturated carbocycles. The Bertz CT molecular complexity index is 1860. The number of carboxylic acid groups (broad SMARTS) is 1. The van der Waals surface area contributed by atoms with Crippen LogP contribution in [0.2, 0.25) is 0 Å². The van der Waals surface area contributed by atoms with Gasteiger partial charge < -0.3 is 15.7 Å². The van der Waals surface area contributed by atoms with Crippen LogP contribution in [-0.4, -0.2) is 48.7 Å². The minimum Gasteiger partial charge on any atom is -0.481 e. The van der Waals surface area contributed by atoms with E-state index in [1.54, 1.807) is 42.5 Å². The van der Waals surface area contributed by atoms with Crippen molar-refractivity contribution in [2.45, 2.75) is 80.9 Å². The Balaban J connectivity index is 1.22. The number of nitrogens with one attached hydrogen (secondary N) is 2. The summed E-state index contributed by atoms with van der Waals surface area (Å²) in [4.78, 5) is 37.5. The van der Waals surface area contributed by atoms with E-state index in [2.05, 4.69) is 22.8 Å². The number of carbonyl (C=O) groups excluding carboxylic acids is 2. The van der Waals surface area contributed by atoms with Crippen molar-refractivity contribution in [1.29, 1.82) is 0 Å². The molecule has 49 heavy (non-hydrogen) atoms. The number of hydrogen-bond donors (Lipinski definition) is 3. The lowest BCUT2D eigenvalue weighted by atomic mass is 9.83. The first-order chi connectivity index (χ1) is 23.7. The predicted octanol–water partition coefficient (Wildman–Crippen LogP) is 6.90. The third-order valence-corrected chi connectivity index (χ3v) is 11.6. The van der Waals surface area contributed by atoms with Crippen molar-refractivity contribution in [3.8, 4) is 0 Å². The summed E-state index contributed by atoms with van der Waals surface area (Å²) in [7, 11) is -3.81. The van der Waals surface area contributed by atoms with Gasteiger partial charge in [0.15, 0.2) is 0 Å². The smallest absolute Gasteiger partial charge is 0.305 e. The standard InChI is InChI=1S/C39H43N3O6S/c43-37(44)21-23-40-38(45)32-15-13-27(14-16-32)25-35(30-19-17-29(18-20-30)28-7-2-1-3-8-28)39(46)41-33-10-6-11-34(26-33)49(47,48)42-24-22-31-9-4-5-12-36(31)42/h5-6,10-20,26,28,35H,1-4,7-9,21-25H2,(H,40,45)(H,41,46)(H,43,44). The molecule has 3 aliphatic rings. The van der Waals surface area contributed by atoms with Crippen LogP contribution in [0.1, 0.15) is 96.7 Å². The van der Waals surface area contributed by atoms with Crippen molar-refractivity contribution in [2.75, 3.05) is 18.4 Å². The van der Waals surface area contributed by atoms with E-state index in [1.807, 2.05) is 24.3 Å². The van der Waals surface area contributed by atoms with Crippen molar-refractivity contribution < 1.29 is 27.9 Å². The van der Waals surface area contributed by atoms with Crippen molar-refractivity contribution in [1.82, 2.24) is 9.62 Å². The van der Waals surface area contributed by atoms with Gasteiger partial charge in [-0.05, 0) is 103 Å². The van der Waals surface area contributed by atoms with Gasteiger partial charge in [0, 0.05) is 24.3 Å². The number of sulfonamides is 1. The van der Waals surface area contributed by atoms with Gasteiger partial charge in [0.25, 0.3) is 15.9 Å². The highest BCUT2D eigenvalue weighted by molar-refractivity contribution is 7.89. The Morgan fingerprint density at radius 2 is 1.67 bits per heavy atom. The number of hydrogen-bond acceptors (Lipinski definition) is 5. The molecule has 1 heterocycles. The summed E-state index contributed by atoms with van der Waals surface area (Å²) in [5.74, 6) is -1.68. The Morgan fingerprint density at radius 1 is 0.918 bits per heavy atom. The van der Waals surface area contributed by atoms with E-state index in [-0.39, 0.29) is 29.7 Å². The molecule has 3 N–H and O–H groups in total. The van der Waals surface area contributed by atoms with E-state index < -0.39 is 21.9 Å². The molecule has 1 unspecified atom stereocenters. The van der Waals surface area contributed by atoms with Crippen molar-refractivity contribution in [3.63, 3.8) is 0 Å². The molecule has 0 aromatic heterocycles. The van der Waals surface area contributed by atoms with Crippen LogP contribution in [0.3, 0.4) is 0 Å². The summed E-state index contributed by atoms with van der Waals surface area (Å²) in [6.45, 7) is 0.446. The Kier molecular flexibility index (Phi) is 10.6. The number of allylic oxidation sites excluding steroid dienone is 2. The summed E-state index contributed by atoms with van der Waals surface area (Å²) in [6, 6.07) is 21.7. The van der Waals surface area contributed by atoms with Gasteiger partial charge in [-0.2, -0.15) is 0 Å². The molecule has 10 heteroatoms. The van der Waals surface area contributed by atoms with Gasteiger partial charge in [0.05, 0.1) is 22.9 Å². The minimum absolute atomic E-state index is 0.0332. The molecular formula is C39H43N3O6S. The van der Waals surface area contributed by atoms with Gasteiger partial charge in [-0.15, -0.1) is 0 Å². The second kappa shape index (κ2) is 15.2. The Hall–Kier alpha value is -4.70. The highest BCUT2D eigenvalue weighted by Gasteiger charge is 2.33. The molecule has 1 fully saturated rings. The molecule has 256 valence electrons. The van der Waals surface area contributed by atoms with Gasteiger partial charge >= 0.3 is 5.97 Å². The molecule has 1 atom stereocenters. The molecular weight excluding hydrogens is 639 g/mol. The molecule has 1 aliphatic heterocycles. The molecule has 3 aromatic rings. The second-order valence-corrected chi connectivity index (χ2v) is 15.0. The summed E-state index contributed by atoms with van der Waals surface area (Å²) in [6.07, 6.45) is 12.7. The summed E-state index contributed by atoms with van der Waals surface area (Å²) >= 11 is 0. The highest BCUT2D eigenvalue weighted by atomic mass is 32.2. The van der Waals surface area contributed by atoms with Crippen molar-refractivity contribution >= 4 is 33.5 Å². The molecule has 2 amide bonds. The van der Waals surface area contributed by atoms with Crippen LogP contribution in [0.25, 0.3) is 0 Å². The van der Waals surface area contributed by atoms with Crippen LogP contribution in [0.4, 0.5) is 5.69 Å². The molecule has 0 saturated heterocycles. The molecule has 0 radical (unpaired) electrons. The third-order valence-electron chi connectivity index (χ3n) is 9.84. The number of carbonyl (C=O) groups is 3. The summed E-state index contributed by atoms with van der Waals surface area (Å²) in [5.41, 5.74) is 5.70. The first-order valence-electron chi connectivity index (χ1n) is 17.2. The fourth-order valence-electron chi connectivity index (χ4n) is 7.12. The van der Waals surface area contributed by atoms with Gasteiger partial charge in [-0.1, -0.05) is 67.8 Å². The lowest BCUT2D eigenvalue weighted by molar-refractivity contribution is -0.136. The van der Waals surface area contributed by atoms with Crippen LogP contribution in [-0.2, 0) is 26.0 Å². The first-order valence-corrected chi connectivity index (χ1v) is 18.6. The number of carboxylic acids is 1. The normalized spacial score (nSPS) is 17.0. The van der Waals surface area contributed by atoms with Crippen LogP contribution < -0.4 is 10.6 Å². The lowest BCUT2D eigenvalue weighted by Crippen LogP contribution is -2.28. The molecule has 0 bridgehead atoms. The van der Waals surface area contributed by atoms with E-state index >= 15 is 0 Å².